The van der Waals surface area contributed by atoms with Crippen molar-refractivity contribution in [3.05, 3.63) is 24.3 Å². The van der Waals surface area contributed by atoms with Crippen LogP contribution in [-0.2, 0) is 4.74 Å². The Bertz CT molecular complexity index is 392. The number of nitrogen functional groups attached to an aromatic ring is 1. The first kappa shape index (κ1) is 15.0. The standard InChI is InChI=1S/C14H21F2N3O/c15-14(16)11-20-10-9-18-5-7-19(8-6-18)13-3-1-12(17)2-4-13/h1-4,14H,5-11,17H2. The van der Waals surface area contributed by atoms with Gasteiger partial charge >= 0.3 is 0 Å². The zero-order valence-electron chi connectivity index (χ0n) is 11.5. The van der Waals surface area contributed by atoms with Crippen LogP contribution >= 0.6 is 0 Å². The largest absolute Gasteiger partial charge is 0.399 e. The highest BCUT2D eigenvalue weighted by atomic mass is 19.3. The van der Waals surface area contributed by atoms with Gasteiger partial charge in [0, 0.05) is 44.1 Å². The number of benzene rings is 1. The monoisotopic (exact) mass is 285 g/mol. The van der Waals surface area contributed by atoms with Crippen LogP contribution in [0.2, 0.25) is 0 Å². The average Bonchev–Trinajstić information content (AvgIpc) is 2.45. The normalized spacial score (nSPS) is 16.9. The summed E-state index contributed by atoms with van der Waals surface area (Å²) in [4.78, 5) is 4.54. The summed E-state index contributed by atoms with van der Waals surface area (Å²) in [5.41, 5.74) is 7.61. The minimum absolute atomic E-state index is 0.367. The molecule has 0 atom stereocenters. The van der Waals surface area contributed by atoms with Crippen LogP contribution in [0, 0.1) is 0 Å². The van der Waals surface area contributed by atoms with Crippen molar-refractivity contribution in [1.29, 1.82) is 0 Å². The molecule has 112 valence electrons. The molecule has 1 saturated heterocycles. The maximum Gasteiger partial charge on any atom is 0.261 e. The van der Waals surface area contributed by atoms with Crippen LogP contribution in [0.3, 0.4) is 0 Å². The van der Waals surface area contributed by atoms with Gasteiger partial charge in [0.1, 0.15) is 6.61 Å². The second kappa shape index (κ2) is 7.40. The second-order valence-corrected chi connectivity index (χ2v) is 4.89. The lowest BCUT2D eigenvalue weighted by molar-refractivity contribution is 0.00939. The molecule has 0 radical (unpaired) electrons. The van der Waals surface area contributed by atoms with Gasteiger partial charge in [-0.2, -0.15) is 0 Å². The lowest BCUT2D eigenvalue weighted by Crippen LogP contribution is -2.47. The Hall–Kier alpha value is -1.40. The molecule has 20 heavy (non-hydrogen) atoms. The van der Waals surface area contributed by atoms with Crippen molar-refractivity contribution >= 4 is 11.4 Å². The highest BCUT2D eigenvalue weighted by molar-refractivity contribution is 5.53. The van der Waals surface area contributed by atoms with Crippen molar-refractivity contribution in [3.8, 4) is 0 Å². The number of anilines is 2. The number of nitrogens with zero attached hydrogens (tertiary/aromatic N) is 2. The van der Waals surface area contributed by atoms with Crippen molar-refractivity contribution in [1.82, 2.24) is 4.90 Å². The predicted octanol–water partition coefficient (Wildman–Crippen LogP) is 1.67. The highest BCUT2D eigenvalue weighted by Gasteiger charge is 2.16. The summed E-state index contributed by atoms with van der Waals surface area (Å²) < 4.78 is 28.7. The van der Waals surface area contributed by atoms with E-state index in [-0.39, 0.29) is 0 Å². The molecule has 0 unspecified atom stereocenters. The molecule has 2 rings (SSSR count). The van der Waals surface area contributed by atoms with E-state index in [1.807, 2.05) is 24.3 Å². The van der Waals surface area contributed by atoms with Gasteiger partial charge in [0.2, 0.25) is 0 Å². The lowest BCUT2D eigenvalue weighted by atomic mass is 10.2. The Morgan fingerprint density at radius 2 is 1.75 bits per heavy atom. The van der Waals surface area contributed by atoms with Crippen LogP contribution in [0.4, 0.5) is 20.2 Å². The summed E-state index contributed by atoms with van der Waals surface area (Å²) in [6, 6.07) is 7.85. The third-order valence-electron chi connectivity index (χ3n) is 3.43. The third-order valence-corrected chi connectivity index (χ3v) is 3.43. The number of halogens is 2. The Morgan fingerprint density at radius 1 is 1.10 bits per heavy atom. The first-order valence-electron chi connectivity index (χ1n) is 6.84. The van der Waals surface area contributed by atoms with E-state index in [0.29, 0.717) is 13.2 Å². The van der Waals surface area contributed by atoms with E-state index in [2.05, 4.69) is 9.80 Å². The maximum absolute atomic E-state index is 11.9. The van der Waals surface area contributed by atoms with Crippen molar-refractivity contribution in [2.24, 2.45) is 0 Å². The maximum atomic E-state index is 11.9. The van der Waals surface area contributed by atoms with Crippen LogP contribution in [0.5, 0.6) is 0 Å². The average molecular weight is 285 g/mol. The molecule has 0 spiro atoms. The molecule has 2 N–H and O–H groups in total. The van der Waals surface area contributed by atoms with Gasteiger partial charge in [0.15, 0.2) is 0 Å². The topological polar surface area (TPSA) is 41.7 Å². The Morgan fingerprint density at radius 3 is 2.35 bits per heavy atom. The van der Waals surface area contributed by atoms with Crippen molar-refractivity contribution in [2.45, 2.75) is 6.43 Å². The van der Waals surface area contributed by atoms with E-state index in [9.17, 15) is 8.78 Å². The van der Waals surface area contributed by atoms with Crippen LogP contribution in [0.25, 0.3) is 0 Å². The molecule has 1 fully saturated rings. The molecular formula is C14H21F2N3O. The Balaban J connectivity index is 1.68. The molecular weight excluding hydrogens is 264 g/mol. The van der Waals surface area contributed by atoms with E-state index in [1.54, 1.807) is 0 Å². The van der Waals surface area contributed by atoms with Gasteiger partial charge in [-0.05, 0) is 24.3 Å². The smallest absolute Gasteiger partial charge is 0.261 e. The fourth-order valence-electron chi connectivity index (χ4n) is 2.28. The number of rotatable bonds is 6. The highest BCUT2D eigenvalue weighted by Crippen LogP contribution is 2.17. The predicted molar refractivity (Wildman–Crippen MR) is 76.3 cm³/mol. The molecule has 0 bridgehead atoms. The van der Waals surface area contributed by atoms with Gasteiger partial charge in [0.05, 0.1) is 6.61 Å². The van der Waals surface area contributed by atoms with E-state index < -0.39 is 13.0 Å². The summed E-state index contributed by atoms with van der Waals surface area (Å²) >= 11 is 0. The van der Waals surface area contributed by atoms with E-state index >= 15 is 0 Å². The van der Waals surface area contributed by atoms with Gasteiger partial charge in [-0.15, -0.1) is 0 Å². The van der Waals surface area contributed by atoms with E-state index in [0.717, 1.165) is 31.9 Å². The van der Waals surface area contributed by atoms with Crippen molar-refractivity contribution < 1.29 is 13.5 Å². The summed E-state index contributed by atoms with van der Waals surface area (Å²) in [7, 11) is 0. The first-order chi connectivity index (χ1) is 9.65. The fourth-order valence-corrected chi connectivity index (χ4v) is 2.28. The molecule has 1 aromatic rings. The van der Waals surface area contributed by atoms with Gasteiger partial charge < -0.3 is 15.4 Å². The molecule has 1 aromatic carbocycles. The zero-order valence-corrected chi connectivity index (χ0v) is 11.5. The fraction of sp³-hybridized carbons (Fsp3) is 0.571. The number of hydrogen-bond acceptors (Lipinski definition) is 4. The van der Waals surface area contributed by atoms with Crippen molar-refractivity contribution in [3.63, 3.8) is 0 Å². The van der Waals surface area contributed by atoms with Gasteiger partial charge in [0.25, 0.3) is 6.43 Å². The lowest BCUT2D eigenvalue weighted by Gasteiger charge is -2.36. The molecule has 6 heteroatoms. The summed E-state index contributed by atoms with van der Waals surface area (Å²) in [5.74, 6) is 0. The molecule has 0 saturated carbocycles. The quantitative estimate of drug-likeness (QED) is 0.638. The second-order valence-electron chi connectivity index (χ2n) is 4.89. The van der Waals surface area contributed by atoms with Crippen molar-refractivity contribution in [2.75, 3.05) is 56.6 Å². The summed E-state index contributed by atoms with van der Waals surface area (Å²) in [6.45, 7) is 4.31. The molecule has 1 aliphatic heterocycles. The number of alkyl halides is 2. The molecule has 0 amide bonds. The molecule has 4 nitrogen and oxygen atoms in total. The summed E-state index contributed by atoms with van der Waals surface area (Å²) in [5, 5.41) is 0. The van der Waals surface area contributed by atoms with Gasteiger partial charge in [-0.1, -0.05) is 0 Å². The van der Waals surface area contributed by atoms with Crippen LogP contribution in [-0.4, -0.2) is 57.3 Å². The molecule has 0 aromatic heterocycles. The zero-order chi connectivity index (χ0) is 14.4. The molecule has 1 heterocycles. The van der Waals surface area contributed by atoms with Crippen LogP contribution in [0.15, 0.2) is 24.3 Å². The minimum Gasteiger partial charge on any atom is -0.399 e. The molecule has 1 aliphatic rings. The molecule has 0 aliphatic carbocycles. The van der Waals surface area contributed by atoms with Gasteiger partial charge in [-0.25, -0.2) is 8.78 Å². The number of nitrogens with two attached hydrogens (primary N) is 1. The number of ether oxygens (including phenoxy) is 1. The number of piperazine rings is 1. The third kappa shape index (κ3) is 4.61. The Labute approximate surface area is 118 Å². The van der Waals surface area contributed by atoms with E-state index in [1.165, 1.54) is 5.69 Å². The SMILES string of the molecule is Nc1ccc(N2CCN(CCOCC(F)F)CC2)cc1. The number of hydrogen-bond donors (Lipinski definition) is 1. The van der Waals surface area contributed by atoms with Crippen LogP contribution in [0.1, 0.15) is 0 Å². The van der Waals surface area contributed by atoms with Gasteiger partial charge in [-0.3, -0.25) is 4.90 Å². The first-order valence-corrected chi connectivity index (χ1v) is 6.84. The summed E-state index contributed by atoms with van der Waals surface area (Å²) in [6.07, 6.45) is -2.38. The minimum atomic E-state index is -2.38. The Kier molecular flexibility index (Phi) is 5.55. The van der Waals surface area contributed by atoms with E-state index in [4.69, 9.17) is 10.5 Å². The van der Waals surface area contributed by atoms with Crippen LogP contribution < -0.4 is 10.6 Å².